The van der Waals surface area contributed by atoms with Crippen LogP contribution in [-0.2, 0) is 9.59 Å². The highest BCUT2D eigenvalue weighted by molar-refractivity contribution is 6.22. The molecule has 0 amide bonds. The van der Waals surface area contributed by atoms with E-state index in [1.807, 2.05) is 49.4 Å². The van der Waals surface area contributed by atoms with Gasteiger partial charge in [0.25, 0.3) is 0 Å². The molecule has 0 bridgehead atoms. The van der Waals surface area contributed by atoms with Gasteiger partial charge in [-0.05, 0) is 30.7 Å². The molecule has 2 aliphatic rings. The van der Waals surface area contributed by atoms with Crippen LogP contribution in [0.25, 0.3) is 10.8 Å². The van der Waals surface area contributed by atoms with Crippen LogP contribution in [0, 0.1) is 17.8 Å². The first-order valence-electron chi connectivity index (χ1n) is 9.70. The van der Waals surface area contributed by atoms with Gasteiger partial charge in [0.1, 0.15) is 16.9 Å². The number of fused-ring (bicyclic) bond motifs is 5. The molecule has 0 radical (unpaired) electrons. The van der Waals surface area contributed by atoms with E-state index < -0.39 is 22.7 Å². The van der Waals surface area contributed by atoms with Crippen molar-refractivity contribution in [1.29, 1.82) is 0 Å². The molecule has 1 saturated carbocycles. The molecule has 3 aromatic rings. The average Bonchev–Trinajstić information content (AvgIpc) is 3.31. The van der Waals surface area contributed by atoms with Crippen LogP contribution in [0.3, 0.4) is 0 Å². The number of hydrogen-bond acceptors (Lipinski definition) is 4. The van der Waals surface area contributed by atoms with Crippen molar-refractivity contribution >= 4 is 28.3 Å². The number of hydrogen-bond donors (Lipinski definition) is 0. The molecular formula is C25H20O4. The quantitative estimate of drug-likeness (QED) is 0.286. The van der Waals surface area contributed by atoms with E-state index in [2.05, 4.69) is 0 Å². The Balaban J connectivity index is 1.77. The van der Waals surface area contributed by atoms with E-state index in [1.54, 1.807) is 25.1 Å². The third-order valence-corrected chi connectivity index (χ3v) is 6.83. The van der Waals surface area contributed by atoms with Crippen molar-refractivity contribution in [3.63, 3.8) is 0 Å². The minimum atomic E-state index is -1.48. The van der Waals surface area contributed by atoms with Crippen LogP contribution in [0.15, 0.2) is 60.7 Å². The van der Waals surface area contributed by atoms with E-state index in [0.29, 0.717) is 11.3 Å². The highest BCUT2D eigenvalue weighted by Gasteiger charge is 2.86. The Morgan fingerprint density at radius 1 is 0.966 bits per heavy atom. The summed E-state index contributed by atoms with van der Waals surface area (Å²) in [6.45, 7) is 5.07. The summed E-state index contributed by atoms with van der Waals surface area (Å²) in [4.78, 5) is 39.6. The maximum Gasteiger partial charge on any atom is 0.326 e. The topological polar surface area (TPSA) is 60.4 Å². The lowest BCUT2D eigenvalue weighted by Gasteiger charge is -2.22. The van der Waals surface area contributed by atoms with Crippen molar-refractivity contribution in [3.05, 3.63) is 77.4 Å². The molecule has 0 unspecified atom stereocenters. The van der Waals surface area contributed by atoms with Crippen molar-refractivity contribution in [2.24, 2.45) is 10.8 Å². The fourth-order valence-electron chi connectivity index (χ4n) is 5.32. The second-order valence-electron chi connectivity index (χ2n) is 8.28. The Hall–Kier alpha value is -3.27. The molecular weight excluding hydrogens is 364 g/mol. The first-order chi connectivity index (χ1) is 13.8. The molecule has 5 rings (SSSR count). The van der Waals surface area contributed by atoms with Gasteiger partial charge in [-0.25, -0.2) is 0 Å². The maximum absolute atomic E-state index is 13.6. The van der Waals surface area contributed by atoms with Crippen LogP contribution in [0.2, 0.25) is 0 Å². The summed E-state index contributed by atoms with van der Waals surface area (Å²) in [6.07, 6.45) is 0. The summed E-state index contributed by atoms with van der Waals surface area (Å²) in [5.74, 6) is -1.25. The van der Waals surface area contributed by atoms with Crippen molar-refractivity contribution in [1.82, 2.24) is 0 Å². The van der Waals surface area contributed by atoms with Gasteiger partial charge in [0.15, 0.2) is 5.78 Å². The summed E-state index contributed by atoms with van der Waals surface area (Å²) in [5.41, 5.74) is -0.340. The molecule has 0 N–H and O–H groups in total. The summed E-state index contributed by atoms with van der Waals surface area (Å²) in [6, 6.07) is 18.7. The van der Waals surface area contributed by atoms with Gasteiger partial charge in [-0.3, -0.25) is 14.4 Å². The van der Waals surface area contributed by atoms with Gasteiger partial charge in [-0.1, -0.05) is 67.1 Å². The van der Waals surface area contributed by atoms with Crippen molar-refractivity contribution in [2.45, 2.75) is 26.7 Å². The fraction of sp³-hybridized carbons (Fsp3) is 0.240. The van der Waals surface area contributed by atoms with Crippen LogP contribution < -0.4 is 4.74 Å². The molecule has 4 nitrogen and oxygen atoms in total. The van der Waals surface area contributed by atoms with Gasteiger partial charge in [0.05, 0.1) is 5.41 Å². The van der Waals surface area contributed by atoms with Gasteiger partial charge in [-0.15, -0.1) is 0 Å². The van der Waals surface area contributed by atoms with Gasteiger partial charge in [-0.2, -0.15) is 0 Å². The van der Waals surface area contributed by atoms with Crippen molar-refractivity contribution in [2.75, 3.05) is 0 Å². The van der Waals surface area contributed by atoms with Crippen LogP contribution in [0.1, 0.15) is 41.3 Å². The van der Waals surface area contributed by atoms with E-state index in [1.165, 1.54) is 6.92 Å². The lowest BCUT2D eigenvalue weighted by molar-refractivity contribution is -0.147. The minimum absolute atomic E-state index is 0.199. The van der Waals surface area contributed by atoms with E-state index in [9.17, 15) is 14.4 Å². The zero-order valence-corrected chi connectivity index (χ0v) is 16.5. The first-order valence-corrected chi connectivity index (χ1v) is 9.70. The molecule has 3 aromatic carbocycles. The summed E-state index contributed by atoms with van der Waals surface area (Å²) >= 11 is 0. The Bertz CT molecular complexity index is 1220. The third-order valence-electron chi connectivity index (χ3n) is 6.83. The fourth-order valence-corrected chi connectivity index (χ4v) is 5.32. The van der Waals surface area contributed by atoms with E-state index in [0.717, 1.165) is 21.9 Å². The van der Waals surface area contributed by atoms with Crippen LogP contribution in [-0.4, -0.2) is 17.5 Å². The Labute approximate surface area is 168 Å². The monoisotopic (exact) mass is 384 g/mol. The second kappa shape index (κ2) is 5.63. The zero-order valence-electron chi connectivity index (χ0n) is 16.5. The first kappa shape index (κ1) is 17.8. The molecule has 144 valence electrons. The van der Waals surface area contributed by atoms with Gasteiger partial charge < -0.3 is 4.74 Å². The molecule has 1 aliphatic carbocycles. The zero-order chi connectivity index (χ0) is 20.6. The lowest BCUT2D eigenvalue weighted by atomic mass is 9.84. The maximum atomic E-state index is 13.6. The highest BCUT2D eigenvalue weighted by atomic mass is 16.5. The molecule has 3 atom stereocenters. The molecule has 0 aromatic heterocycles. The van der Waals surface area contributed by atoms with E-state index in [-0.39, 0.29) is 11.6 Å². The van der Waals surface area contributed by atoms with Crippen LogP contribution >= 0.6 is 0 Å². The predicted molar refractivity (Wildman–Crippen MR) is 109 cm³/mol. The number of benzene rings is 3. The predicted octanol–water partition coefficient (Wildman–Crippen LogP) is 4.63. The van der Waals surface area contributed by atoms with E-state index in [4.69, 9.17) is 4.74 Å². The highest BCUT2D eigenvalue weighted by Crippen LogP contribution is 2.79. The molecule has 0 saturated heterocycles. The minimum Gasteiger partial charge on any atom is -0.425 e. The normalized spacial score (nSPS) is 27.0. The second-order valence-corrected chi connectivity index (χ2v) is 8.28. The third kappa shape index (κ3) is 2.01. The molecule has 1 heterocycles. The Kier molecular flexibility index (Phi) is 3.46. The largest absolute Gasteiger partial charge is 0.425 e. The Morgan fingerprint density at radius 3 is 2.34 bits per heavy atom. The summed E-state index contributed by atoms with van der Waals surface area (Å²) in [7, 11) is 0. The molecule has 29 heavy (non-hydrogen) atoms. The SMILES string of the molecule is CC(=O)[C@]12C(=O)Oc3ccc4ccccc4c3[C@@H]1[C@]2(C)C(=O)c1ccc(C)cc1. The number of carbonyl (C=O) groups is 3. The number of aryl methyl sites for hydroxylation is 1. The van der Waals surface area contributed by atoms with Crippen LogP contribution in [0.4, 0.5) is 0 Å². The molecule has 4 heteroatoms. The number of carbonyl (C=O) groups excluding carboxylic acids is 3. The number of esters is 1. The molecule has 0 spiro atoms. The summed E-state index contributed by atoms with van der Waals surface area (Å²) in [5, 5.41) is 1.90. The van der Waals surface area contributed by atoms with Crippen molar-refractivity contribution in [3.8, 4) is 5.75 Å². The van der Waals surface area contributed by atoms with Crippen molar-refractivity contribution < 1.29 is 19.1 Å². The molecule has 1 fully saturated rings. The van der Waals surface area contributed by atoms with Crippen LogP contribution in [0.5, 0.6) is 5.75 Å². The average molecular weight is 384 g/mol. The summed E-state index contributed by atoms with van der Waals surface area (Å²) < 4.78 is 5.65. The smallest absolute Gasteiger partial charge is 0.326 e. The van der Waals surface area contributed by atoms with Gasteiger partial charge >= 0.3 is 5.97 Å². The lowest BCUT2D eigenvalue weighted by Crippen LogP contribution is -2.37. The standard InChI is InChI=1S/C25H20O4/c1-14-8-10-17(11-9-14)22(27)24(3)21-20-18-7-5-4-6-16(18)12-13-19(20)29-23(28)25(21,24)15(2)26/h4-13,21H,1-3H3/t21-,24-,25-/m1/s1. The Morgan fingerprint density at radius 2 is 1.66 bits per heavy atom. The number of Topliss-reactive ketones (excluding diaryl/α,β-unsaturated/α-hetero) is 2. The number of rotatable bonds is 3. The number of ether oxygens (including phenoxy) is 1. The number of ketones is 2. The van der Waals surface area contributed by atoms with Gasteiger partial charge in [0.2, 0.25) is 0 Å². The van der Waals surface area contributed by atoms with Gasteiger partial charge in [0, 0.05) is 17.0 Å². The molecule has 1 aliphatic heterocycles. The van der Waals surface area contributed by atoms with E-state index >= 15 is 0 Å².